The number of hydrogen-bond acceptors (Lipinski definition) is 2. The molecular formula is C9H9Cl2N3O. The number of hydrogen-bond donors (Lipinski definition) is 1. The second-order valence-electron chi connectivity index (χ2n) is 3.18. The summed E-state index contributed by atoms with van der Waals surface area (Å²) in [6, 6.07) is 4.98. The number of rotatable bonds is 1. The maximum absolute atomic E-state index is 11.6. The van der Waals surface area contributed by atoms with Crippen LogP contribution in [0, 0.1) is 0 Å². The van der Waals surface area contributed by atoms with Crippen molar-refractivity contribution in [2.75, 3.05) is 18.6 Å². The number of amides is 2. The number of nitrogens with zero attached hydrogens (tertiary/aromatic N) is 2. The molecule has 2 rings (SSSR count). The fourth-order valence-electron chi connectivity index (χ4n) is 1.35. The molecule has 15 heavy (non-hydrogen) atoms. The summed E-state index contributed by atoms with van der Waals surface area (Å²) in [4.78, 5) is 13.2. The molecular weight excluding hydrogens is 237 g/mol. The lowest BCUT2D eigenvalue weighted by atomic mass is 10.3. The minimum absolute atomic E-state index is 0.117. The first-order chi connectivity index (χ1) is 7.09. The topological polar surface area (TPSA) is 35.6 Å². The van der Waals surface area contributed by atoms with E-state index in [4.69, 9.17) is 23.2 Å². The van der Waals surface area contributed by atoms with Crippen molar-refractivity contribution in [3.05, 3.63) is 28.2 Å². The Morgan fingerprint density at radius 1 is 1.33 bits per heavy atom. The Kier molecular flexibility index (Phi) is 2.73. The van der Waals surface area contributed by atoms with Gasteiger partial charge in [-0.25, -0.2) is 10.2 Å². The monoisotopic (exact) mass is 245 g/mol. The first-order valence-electron chi connectivity index (χ1n) is 4.33. The summed E-state index contributed by atoms with van der Waals surface area (Å²) in [5, 5.41) is 2.34. The molecule has 1 N–H and O–H groups in total. The molecule has 0 aliphatic carbocycles. The van der Waals surface area contributed by atoms with Crippen LogP contribution in [0.4, 0.5) is 10.5 Å². The van der Waals surface area contributed by atoms with Crippen LogP contribution in [0.3, 0.4) is 0 Å². The number of benzene rings is 1. The summed E-state index contributed by atoms with van der Waals surface area (Å²) in [7, 11) is 1.67. The Balaban J connectivity index is 2.31. The summed E-state index contributed by atoms with van der Waals surface area (Å²) < 4.78 is 0. The van der Waals surface area contributed by atoms with Crippen molar-refractivity contribution < 1.29 is 4.79 Å². The van der Waals surface area contributed by atoms with Crippen LogP contribution in [0.2, 0.25) is 10.0 Å². The molecule has 0 aromatic heterocycles. The van der Waals surface area contributed by atoms with Crippen LogP contribution >= 0.6 is 23.2 Å². The Morgan fingerprint density at radius 3 is 2.60 bits per heavy atom. The summed E-state index contributed by atoms with van der Waals surface area (Å²) in [6.07, 6.45) is 0. The quantitative estimate of drug-likeness (QED) is 0.825. The number of halogens is 2. The number of carbonyl (C=O) groups is 1. The van der Waals surface area contributed by atoms with Crippen molar-refractivity contribution in [2.24, 2.45) is 0 Å². The highest BCUT2D eigenvalue weighted by Gasteiger charge is 2.26. The van der Waals surface area contributed by atoms with E-state index in [1.807, 2.05) is 0 Å². The maximum Gasteiger partial charge on any atom is 0.339 e. The van der Waals surface area contributed by atoms with E-state index in [1.165, 1.54) is 5.01 Å². The van der Waals surface area contributed by atoms with Gasteiger partial charge in [-0.2, -0.15) is 0 Å². The molecule has 1 aromatic carbocycles. The second-order valence-corrected chi connectivity index (χ2v) is 4.00. The predicted octanol–water partition coefficient (Wildman–Crippen LogP) is 2.33. The van der Waals surface area contributed by atoms with Gasteiger partial charge in [0.15, 0.2) is 0 Å². The van der Waals surface area contributed by atoms with Gasteiger partial charge in [-0.05, 0) is 18.2 Å². The minimum Gasteiger partial charge on any atom is -0.278 e. The molecule has 0 saturated carbocycles. The highest BCUT2D eigenvalue weighted by atomic mass is 35.5. The average Bonchev–Trinajstić information content (AvgIpc) is 2.53. The molecule has 1 aromatic rings. The minimum atomic E-state index is -0.117. The molecule has 0 unspecified atom stereocenters. The lowest BCUT2D eigenvalue weighted by Crippen LogP contribution is -2.31. The van der Waals surface area contributed by atoms with Gasteiger partial charge >= 0.3 is 6.03 Å². The van der Waals surface area contributed by atoms with Gasteiger partial charge in [0.05, 0.1) is 16.7 Å². The largest absolute Gasteiger partial charge is 0.339 e. The van der Waals surface area contributed by atoms with E-state index in [-0.39, 0.29) is 6.03 Å². The SMILES string of the molecule is CN1NCN(c2ccc(Cl)c(Cl)c2)C1=O. The van der Waals surface area contributed by atoms with E-state index in [1.54, 1.807) is 30.1 Å². The molecule has 1 aliphatic rings. The predicted molar refractivity (Wildman–Crippen MR) is 60.1 cm³/mol. The first kappa shape index (κ1) is 10.5. The third-order valence-corrected chi connectivity index (χ3v) is 2.94. The molecule has 1 saturated heterocycles. The van der Waals surface area contributed by atoms with E-state index >= 15 is 0 Å². The average molecular weight is 246 g/mol. The number of nitrogens with one attached hydrogen (secondary N) is 1. The van der Waals surface area contributed by atoms with Crippen molar-refractivity contribution in [3.8, 4) is 0 Å². The summed E-state index contributed by atoms with van der Waals surface area (Å²) in [6.45, 7) is 0.438. The number of carbonyl (C=O) groups excluding carboxylic acids is 1. The van der Waals surface area contributed by atoms with Crippen LogP contribution in [-0.2, 0) is 0 Å². The van der Waals surface area contributed by atoms with Gasteiger partial charge in [0, 0.05) is 12.7 Å². The molecule has 6 heteroatoms. The highest BCUT2D eigenvalue weighted by Crippen LogP contribution is 2.28. The molecule has 80 valence electrons. The van der Waals surface area contributed by atoms with E-state index in [0.29, 0.717) is 16.7 Å². The van der Waals surface area contributed by atoms with Crippen LogP contribution in [0.25, 0.3) is 0 Å². The molecule has 0 bridgehead atoms. The number of hydrazine groups is 1. The second kappa shape index (κ2) is 3.89. The van der Waals surface area contributed by atoms with Gasteiger partial charge in [0.2, 0.25) is 0 Å². The Morgan fingerprint density at radius 2 is 2.07 bits per heavy atom. The van der Waals surface area contributed by atoms with Gasteiger partial charge in [-0.3, -0.25) is 9.91 Å². The Hall–Kier alpha value is -0.970. The van der Waals surface area contributed by atoms with Gasteiger partial charge < -0.3 is 0 Å². The smallest absolute Gasteiger partial charge is 0.278 e. The van der Waals surface area contributed by atoms with E-state index in [9.17, 15) is 4.79 Å². The van der Waals surface area contributed by atoms with Gasteiger partial charge in [-0.15, -0.1) is 0 Å². The van der Waals surface area contributed by atoms with Crippen LogP contribution in [0.15, 0.2) is 18.2 Å². The molecule has 1 aliphatic heterocycles. The van der Waals surface area contributed by atoms with Crippen LogP contribution in [-0.4, -0.2) is 24.8 Å². The molecule has 1 fully saturated rings. The zero-order valence-electron chi connectivity index (χ0n) is 8.00. The molecule has 4 nitrogen and oxygen atoms in total. The van der Waals surface area contributed by atoms with Crippen molar-refractivity contribution >= 4 is 34.9 Å². The van der Waals surface area contributed by atoms with E-state index < -0.39 is 0 Å². The van der Waals surface area contributed by atoms with Gasteiger partial charge in [0.1, 0.15) is 0 Å². The molecule has 2 amide bonds. The summed E-state index contributed by atoms with van der Waals surface area (Å²) >= 11 is 11.7. The lowest BCUT2D eigenvalue weighted by Gasteiger charge is -2.14. The van der Waals surface area contributed by atoms with Crippen molar-refractivity contribution in [1.82, 2.24) is 10.4 Å². The third kappa shape index (κ3) is 1.88. The summed E-state index contributed by atoms with van der Waals surface area (Å²) in [5.41, 5.74) is 3.61. The van der Waals surface area contributed by atoms with Crippen molar-refractivity contribution in [2.45, 2.75) is 0 Å². The molecule has 0 spiro atoms. The summed E-state index contributed by atoms with van der Waals surface area (Å²) in [5.74, 6) is 0. The van der Waals surface area contributed by atoms with Gasteiger partial charge in [-0.1, -0.05) is 23.2 Å². The number of urea groups is 1. The Labute approximate surface area is 97.3 Å². The third-order valence-electron chi connectivity index (χ3n) is 2.20. The van der Waals surface area contributed by atoms with E-state index in [2.05, 4.69) is 5.43 Å². The zero-order chi connectivity index (χ0) is 11.0. The van der Waals surface area contributed by atoms with Crippen molar-refractivity contribution in [1.29, 1.82) is 0 Å². The molecule has 0 atom stereocenters. The van der Waals surface area contributed by atoms with E-state index in [0.717, 1.165) is 5.69 Å². The Bertz CT molecular complexity index is 410. The van der Waals surface area contributed by atoms with Crippen LogP contribution in [0.1, 0.15) is 0 Å². The fraction of sp³-hybridized carbons (Fsp3) is 0.222. The fourth-order valence-corrected chi connectivity index (χ4v) is 1.64. The van der Waals surface area contributed by atoms with Crippen molar-refractivity contribution in [3.63, 3.8) is 0 Å². The van der Waals surface area contributed by atoms with Crippen LogP contribution < -0.4 is 10.3 Å². The lowest BCUT2D eigenvalue weighted by molar-refractivity contribution is 0.217. The van der Waals surface area contributed by atoms with Crippen LogP contribution in [0.5, 0.6) is 0 Å². The number of anilines is 1. The normalized spacial score (nSPS) is 16.3. The molecule has 1 heterocycles. The zero-order valence-corrected chi connectivity index (χ0v) is 9.51. The maximum atomic E-state index is 11.6. The highest BCUT2D eigenvalue weighted by molar-refractivity contribution is 6.42. The first-order valence-corrected chi connectivity index (χ1v) is 5.09. The van der Waals surface area contributed by atoms with Gasteiger partial charge in [0.25, 0.3) is 0 Å². The molecule has 0 radical (unpaired) electrons. The standard InChI is InChI=1S/C9H9Cl2N3O/c1-13-9(15)14(5-12-13)6-2-3-7(10)8(11)4-6/h2-4,12H,5H2,1H3.